The number of hydrogen-bond acceptors (Lipinski definition) is 5. The van der Waals surface area contributed by atoms with Gasteiger partial charge in [0.15, 0.2) is 0 Å². The molecular formula is C16H18N6O. The molecule has 7 heteroatoms. The van der Waals surface area contributed by atoms with Crippen LogP contribution in [0.4, 0.5) is 5.82 Å². The molecule has 1 N–H and O–H groups in total. The maximum Gasteiger partial charge on any atom is 0.253 e. The third-order valence-corrected chi connectivity index (χ3v) is 4.02. The van der Waals surface area contributed by atoms with E-state index in [1.807, 2.05) is 23.9 Å². The third-order valence-electron chi connectivity index (χ3n) is 4.02. The summed E-state index contributed by atoms with van der Waals surface area (Å²) in [6, 6.07) is 7.19. The van der Waals surface area contributed by atoms with Crippen molar-refractivity contribution in [1.29, 1.82) is 5.26 Å². The average Bonchev–Trinajstić information content (AvgIpc) is 3.01. The van der Waals surface area contributed by atoms with Crippen molar-refractivity contribution in [3.63, 3.8) is 0 Å². The molecule has 0 bridgehead atoms. The lowest BCUT2D eigenvalue weighted by Crippen LogP contribution is -2.48. The largest absolute Gasteiger partial charge is 0.355 e. The van der Waals surface area contributed by atoms with Crippen LogP contribution in [0.25, 0.3) is 0 Å². The van der Waals surface area contributed by atoms with E-state index >= 15 is 0 Å². The zero-order valence-corrected chi connectivity index (χ0v) is 12.9. The van der Waals surface area contributed by atoms with E-state index in [9.17, 15) is 4.79 Å². The van der Waals surface area contributed by atoms with Gasteiger partial charge in [0, 0.05) is 38.4 Å². The fourth-order valence-electron chi connectivity index (χ4n) is 2.84. The molecule has 7 nitrogen and oxygen atoms in total. The van der Waals surface area contributed by atoms with Gasteiger partial charge in [0.2, 0.25) is 0 Å². The highest BCUT2D eigenvalue weighted by Crippen LogP contribution is 2.19. The second kappa shape index (κ2) is 6.48. The molecule has 1 saturated heterocycles. The minimum Gasteiger partial charge on any atom is -0.355 e. The summed E-state index contributed by atoms with van der Waals surface area (Å²) in [6.45, 7) is 1.72. The maximum absolute atomic E-state index is 12.3. The van der Waals surface area contributed by atoms with Crippen LogP contribution in [-0.2, 0) is 7.05 Å². The topological polar surface area (TPSA) is 86.8 Å². The van der Waals surface area contributed by atoms with E-state index in [1.165, 1.54) is 6.20 Å². The van der Waals surface area contributed by atoms with Gasteiger partial charge in [-0.3, -0.25) is 9.48 Å². The first-order valence-corrected chi connectivity index (χ1v) is 7.57. The molecular weight excluding hydrogens is 292 g/mol. The number of pyridine rings is 1. The van der Waals surface area contributed by atoms with Gasteiger partial charge in [-0.15, -0.1) is 0 Å². The van der Waals surface area contributed by atoms with E-state index in [2.05, 4.69) is 20.3 Å². The summed E-state index contributed by atoms with van der Waals surface area (Å²) in [5.74, 6) is 0.905. The van der Waals surface area contributed by atoms with Crippen molar-refractivity contribution in [2.24, 2.45) is 7.05 Å². The summed E-state index contributed by atoms with van der Waals surface area (Å²) in [5.41, 5.74) is 0.781. The van der Waals surface area contributed by atoms with Gasteiger partial charge in [-0.1, -0.05) is 0 Å². The van der Waals surface area contributed by atoms with Crippen molar-refractivity contribution < 1.29 is 4.79 Å². The smallest absolute Gasteiger partial charge is 0.253 e. The number of rotatable bonds is 3. The SMILES string of the molecule is Cn1nccc1N1CCCC(NC(=O)c2ccc(C#N)nc2)C1. The first-order chi connectivity index (χ1) is 11.2. The van der Waals surface area contributed by atoms with Crippen molar-refractivity contribution in [2.45, 2.75) is 18.9 Å². The highest BCUT2D eigenvalue weighted by molar-refractivity contribution is 5.94. The van der Waals surface area contributed by atoms with Crippen LogP contribution in [0.3, 0.4) is 0 Å². The third kappa shape index (κ3) is 3.31. The monoisotopic (exact) mass is 310 g/mol. The van der Waals surface area contributed by atoms with Gasteiger partial charge in [-0.2, -0.15) is 10.4 Å². The zero-order valence-electron chi connectivity index (χ0n) is 12.9. The van der Waals surface area contributed by atoms with Crippen molar-refractivity contribution in [2.75, 3.05) is 18.0 Å². The number of nitrogens with zero attached hydrogens (tertiary/aromatic N) is 5. The number of carbonyl (C=O) groups is 1. The Kier molecular flexibility index (Phi) is 4.24. The van der Waals surface area contributed by atoms with Crippen LogP contribution in [0.2, 0.25) is 0 Å². The number of nitrogens with one attached hydrogen (secondary N) is 1. The van der Waals surface area contributed by atoms with Crippen molar-refractivity contribution in [3.8, 4) is 6.07 Å². The Morgan fingerprint density at radius 1 is 1.43 bits per heavy atom. The maximum atomic E-state index is 12.3. The number of hydrogen-bond donors (Lipinski definition) is 1. The predicted molar refractivity (Wildman–Crippen MR) is 84.9 cm³/mol. The summed E-state index contributed by atoms with van der Waals surface area (Å²) < 4.78 is 1.84. The Labute approximate surface area is 134 Å². The van der Waals surface area contributed by atoms with Crippen molar-refractivity contribution in [1.82, 2.24) is 20.1 Å². The van der Waals surface area contributed by atoms with Crippen LogP contribution < -0.4 is 10.2 Å². The molecule has 2 aromatic heterocycles. The summed E-state index contributed by atoms with van der Waals surface area (Å²) in [5, 5.41) is 16.0. The fourth-order valence-corrected chi connectivity index (χ4v) is 2.84. The van der Waals surface area contributed by atoms with Crippen LogP contribution in [0.15, 0.2) is 30.6 Å². The molecule has 23 heavy (non-hydrogen) atoms. The molecule has 1 aliphatic heterocycles. The quantitative estimate of drug-likeness (QED) is 0.917. The van der Waals surface area contributed by atoms with E-state index < -0.39 is 0 Å². The molecule has 1 atom stereocenters. The van der Waals surface area contributed by atoms with E-state index in [0.29, 0.717) is 11.3 Å². The predicted octanol–water partition coefficient (Wildman–Crippen LogP) is 1.09. The van der Waals surface area contributed by atoms with Gasteiger partial charge >= 0.3 is 0 Å². The van der Waals surface area contributed by atoms with Crippen LogP contribution in [0.5, 0.6) is 0 Å². The van der Waals surface area contributed by atoms with E-state index in [0.717, 1.165) is 31.7 Å². The second-order valence-corrected chi connectivity index (χ2v) is 5.62. The minimum absolute atomic E-state index is 0.0850. The molecule has 3 rings (SSSR count). The Balaban J connectivity index is 1.64. The molecule has 0 aromatic carbocycles. The van der Waals surface area contributed by atoms with Crippen molar-refractivity contribution in [3.05, 3.63) is 41.9 Å². The molecule has 1 unspecified atom stereocenters. The Bertz CT molecular complexity index is 730. The first-order valence-electron chi connectivity index (χ1n) is 7.57. The lowest BCUT2D eigenvalue weighted by Gasteiger charge is -2.34. The molecule has 1 aliphatic rings. The summed E-state index contributed by atoms with van der Waals surface area (Å²) in [4.78, 5) is 18.5. The number of piperidine rings is 1. The van der Waals surface area contributed by atoms with Gasteiger partial charge in [0.05, 0.1) is 11.8 Å². The number of carbonyl (C=O) groups excluding carboxylic acids is 1. The lowest BCUT2D eigenvalue weighted by atomic mass is 10.1. The van der Waals surface area contributed by atoms with Crippen LogP contribution in [0.1, 0.15) is 28.9 Å². The van der Waals surface area contributed by atoms with Gasteiger partial charge in [-0.25, -0.2) is 4.98 Å². The second-order valence-electron chi connectivity index (χ2n) is 5.62. The van der Waals surface area contributed by atoms with Gasteiger partial charge in [-0.05, 0) is 25.0 Å². The normalized spacial score (nSPS) is 17.6. The van der Waals surface area contributed by atoms with Crippen LogP contribution >= 0.6 is 0 Å². The molecule has 0 aliphatic carbocycles. The minimum atomic E-state index is -0.154. The summed E-state index contributed by atoms with van der Waals surface area (Å²) in [7, 11) is 1.92. The summed E-state index contributed by atoms with van der Waals surface area (Å²) in [6.07, 6.45) is 5.18. The van der Waals surface area contributed by atoms with E-state index in [1.54, 1.807) is 18.3 Å². The highest BCUT2D eigenvalue weighted by Gasteiger charge is 2.23. The van der Waals surface area contributed by atoms with Crippen LogP contribution in [-0.4, -0.2) is 39.8 Å². The number of nitriles is 1. The molecule has 0 radical (unpaired) electrons. The molecule has 1 amide bonds. The summed E-state index contributed by atoms with van der Waals surface area (Å²) >= 11 is 0. The lowest BCUT2D eigenvalue weighted by molar-refractivity contribution is 0.0932. The number of aryl methyl sites for hydroxylation is 1. The Morgan fingerprint density at radius 2 is 2.30 bits per heavy atom. The Hall–Kier alpha value is -2.88. The molecule has 0 saturated carbocycles. The number of aromatic nitrogens is 3. The van der Waals surface area contributed by atoms with Gasteiger partial charge in [0.25, 0.3) is 5.91 Å². The molecule has 1 fully saturated rings. The van der Waals surface area contributed by atoms with Crippen LogP contribution in [0, 0.1) is 11.3 Å². The molecule has 3 heterocycles. The fraction of sp³-hybridized carbons (Fsp3) is 0.375. The van der Waals surface area contributed by atoms with E-state index in [-0.39, 0.29) is 11.9 Å². The highest BCUT2D eigenvalue weighted by atomic mass is 16.1. The van der Waals surface area contributed by atoms with E-state index in [4.69, 9.17) is 5.26 Å². The Morgan fingerprint density at radius 3 is 2.96 bits per heavy atom. The average molecular weight is 310 g/mol. The molecule has 0 spiro atoms. The van der Waals surface area contributed by atoms with Gasteiger partial charge in [0.1, 0.15) is 17.6 Å². The first kappa shape index (κ1) is 15.0. The molecule has 118 valence electrons. The number of amides is 1. The van der Waals surface area contributed by atoms with Gasteiger partial charge < -0.3 is 10.2 Å². The number of anilines is 1. The molecule has 2 aromatic rings. The zero-order chi connectivity index (χ0) is 16.2. The van der Waals surface area contributed by atoms with Crippen molar-refractivity contribution >= 4 is 11.7 Å². The standard InChI is InChI=1S/C16H18N6O/c1-21-15(6-7-19-21)22-8-2-3-14(11-22)20-16(23)12-4-5-13(9-17)18-10-12/h4-7,10,14H,2-3,8,11H2,1H3,(H,20,23).